The first kappa shape index (κ1) is 13.6. The topological polar surface area (TPSA) is 114 Å². The van der Waals surface area contributed by atoms with Crippen LogP contribution in [0.2, 0.25) is 5.54 Å². The van der Waals surface area contributed by atoms with Crippen LogP contribution in [0.3, 0.4) is 0 Å². The van der Waals surface area contributed by atoms with Crippen LogP contribution in [0.15, 0.2) is 0 Å². The lowest BCUT2D eigenvalue weighted by Gasteiger charge is -2.28. The lowest BCUT2D eigenvalue weighted by molar-refractivity contribution is -0.119. The maximum Gasteiger partial charge on any atom is 0.502 e. The van der Waals surface area contributed by atoms with Crippen molar-refractivity contribution in [3.8, 4) is 0 Å². The predicted molar refractivity (Wildman–Crippen MR) is 57.1 cm³/mol. The Morgan fingerprint density at radius 2 is 2.31 bits per heavy atom. The lowest BCUT2D eigenvalue weighted by Crippen LogP contribution is -2.56. The van der Waals surface area contributed by atoms with E-state index in [2.05, 4.69) is 5.32 Å². The van der Waals surface area contributed by atoms with Crippen molar-refractivity contribution in [2.45, 2.75) is 25.1 Å². The molecule has 7 nitrogen and oxygen atoms in total. The molecule has 8 heteroatoms. The molecule has 0 aromatic rings. The average molecular weight is 250 g/mol. The molecule has 0 bridgehead atoms. The summed E-state index contributed by atoms with van der Waals surface area (Å²) in [6.45, 7) is 2.99. The number of hydrogen-bond donors (Lipinski definition) is 4. The number of aliphatic hydroxyl groups is 1. The second-order valence-electron chi connectivity index (χ2n) is 4.15. The van der Waals surface area contributed by atoms with Crippen LogP contribution >= 0.6 is 0 Å². The van der Waals surface area contributed by atoms with Crippen molar-refractivity contribution in [2.75, 3.05) is 19.8 Å². The zero-order valence-corrected chi connectivity index (χ0v) is 10.4. The van der Waals surface area contributed by atoms with Gasteiger partial charge in [-0.15, -0.1) is 0 Å². The highest BCUT2D eigenvalue weighted by atomic mass is 28.4. The van der Waals surface area contributed by atoms with Gasteiger partial charge < -0.3 is 24.5 Å². The maximum atomic E-state index is 10.6. The van der Waals surface area contributed by atoms with Crippen molar-refractivity contribution in [1.82, 2.24) is 5.32 Å². The lowest BCUT2D eigenvalue weighted by atomic mass is 10.2. The summed E-state index contributed by atoms with van der Waals surface area (Å²) in [6.07, 6.45) is 0. The number of aliphatic hydroxyl groups excluding tert-OH is 1. The van der Waals surface area contributed by atoms with Crippen molar-refractivity contribution >= 4 is 14.7 Å². The molecule has 0 aromatic carbocycles. The van der Waals surface area contributed by atoms with Gasteiger partial charge in [0.05, 0.1) is 19.8 Å². The van der Waals surface area contributed by atoms with Gasteiger partial charge in [-0.2, -0.15) is 0 Å². The Morgan fingerprint density at radius 3 is 2.69 bits per heavy atom. The van der Waals surface area contributed by atoms with Crippen molar-refractivity contribution in [2.24, 2.45) is 5.73 Å². The fraction of sp³-hybridized carbons (Fsp3) is 0.875. The summed E-state index contributed by atoms with van der Waals surface area (Å²) in [5, 5.41) is 11.9. The van der Waals surface area contributed by atoms with E-state index in [4.69, 9.17) is 14.6 Å². The summed E-state index contributed by atoms with van der Waals surface area (Å²) < 4.78 is 10.6. The Kier molecular flexibility index (Phi) is 4.05. The molecule has 1 saturated heterocycles. The predicted octanol–water partition coefficient (Wildman–Crippen LogP) is -1.86. The van der Waals surface area contributed by atoms with Crippen LogP contribution in [0, 0.1) is 0 Å². The fourth-order valence-corrected chi connectivity index (χ4v) is 3.14. The molecule has 16 heavy (non-hydrogen) atoms. The van der Waals surface area contributed by atoms with Gasteiger partial charge in [-0.1, -0.05) is 13.8 Å². The summed E-state index contributed by atoms with van der Waals surface area (Å²) >= 11 is 0. The average Bonchev–Trinajstić information content (AvgIpc) is 2.56. The van der Waals surface area contributed by atoms with Gasteiger partial charge in [0, 0.05) is 5.54 Å². The number of rotatable bonds is 5. The molecule has 0 radical (unpaired) electrons. The molecule has 0 spiro atoms. The standard InChI is InChI=1S/C8H18N2O5Si/c1-6(2)16(13)14-5-8(4-11,15-16)10-3-7(9)12/h6,10-11,13H,3-5H2,1-2H3,(H2,9,12). The normalized spacial score (nSPS) is 34.6. The summed E-state index contributed by atoms with van der Waals surface area (Å²) in [4.78, 5) is 20.7. The van der Waals surface area contributed by atoms with Crippen molar-refractivity contribution in [3.05, 3.63) is 0 Å². The summed E-state index contributed by atoms with van der Waals surface area (Å²) in [5.41, 5.74) is 3.59. The maximum absolute atomic E-state index is 10.6. The quantitative estimate of drug-likeness (QED) is 0.425. The van der Waals surface area contributed by atoms with E-state index in [0.29, 0.717) is 0 Å². The zero-order valence-electron chi connectivity index (χ0n) is 9.40. The van der Waals surface area contributed by atoms with Crippen molar-refractivity contribution in [1.29, 1.82) is 0 Å². The first-order valence-corrected chi connectivity index (χ1v) is 6.88. The SMILES string of the molecule is CC(C)[Si]1(O)OCC(CO)(NCC(N)=O)O1. The summed E-state index contributed by atoms with van der Waals surface area (Å²) in [7, 11) is -3.27. The third-order valence-electron chi connectivity index (χ3n) is 2.42. The Hall–Kier alpha value is -0.513. The third-order valence-corrected chi connectivity index (χ3v) is 5.12. The summed E-state index contributed by atoms with van der Waals surface area (Å²) in [6, 6.07) is 0. The Labute approximate surface area is 94.9 Å². The number of carbonyl (C=O) groups excluding carboxylic acids is 1. The van der Waals surface area contributed by atoms with E-state index in [9.17, 15) is 14.7 Å². The Bertz CT molecular complexity index is 277. The number of hydrogen-bond acceptors (Lipinski definition) is 6. The summed E-state index contributed by atoms with van der Waals surface area (Å²) in [5.74, 6) is -0.571. The van der Waals surface area contributed by atoms with E-state index in [1.165, 1.54) is 0 Å². The monoisotopic (exact) mass is 250 g/mol. The van der Waals surface area contributed by atoms with E-state index in [-0.39, 0.29) is 18.7 Å². The molecule has 1 aliphatic heterocycles. The van der Waals surface area contributed by atoms with Gasteiger partial charge in [-0.05, 0) is 0 Å². The van der Waals surface area contributed by atoms with Gasteiger partial charge >= 0.3 is 8.80 Å². The highest BCUT2D eigenvalue weighted by Gasteiger charge is 2.55. The van der Waals surface area contributed by atoms with Gasteiger partial charge in [-0.25, -0.2) is 0 Å². The first-order valence-electron chi connectivity index (χ1n) is 5.04. The van der Waals surface area contributed by atoms with Crippen LogP contribution in [0.4, 0.5) is 0 Å². The second kappa shape index (κ2) is 4.78. The van der Waals surface area contributed by atoms with Crippen LogP contribution < -0.4 is 11.1 Å². The molecule has 1 aliphatic rings. The number of nitrogens with one attached hydrogen (secondary N) is 1. The van der Waals surface area contributed by atoms with Crippen molar-refractivity contribution in [3.63, 3.8) is 0 Å². The fourth-order valence-electron chi connectivity index (χ4n) is 1.31. The van der Waals surface area contributed by atoms with Gasteiger partial charge in [0.15, 0.2) is 5.72 Å². The molecule has 0 aromatic heterocycles. The zero-order chi connectivity index (χ0) is 12.4. The molecule has 1 rings (SSSR count). The number of carbonyl (C=O) groups is 1. The minimum Gasteiger partial charge on any atom is -0.392 e. The van der Waals surface area contributed by atoms with E-state index in [1.54, 1.807) is 13.8 Å². The number of nitrogens with two attached hydrogens (primary N) is 1. The molecule has 2 atom stereocenters. The van der Waals surface area contributed by atoms with Crippen LogP contribution in [-0.2, 0) is 13.6 Å². The van der Waals surface area contributed by atoms with Crippen LogP contribution in [-0.4, -0.2) is 50.1 Å². The third kappa shape index (κ3) is 2.78. The smallest absolute Gasteiger partial charge is 0.392 e. The first-order chi connectivity index (χ1) is 7.33. The van der Waals surface area contributed by atoms with Gasteiger partial charge in [0.2, 0.25) is 5.91 Å². The van der Waals surface area contributed by atoms with Crippen LogP contribution in [0.5, 0.6) is 0 Å². The van der Waals surface area contributed by atoms with Gasteiger partial charge in [0.1, 0.15) is 0 Å². The van der Waals surface area contributed by atoms with Crippen LogP contribution in [0.1, 0.15) is 13.8 Å². The van der Waals surface area contributed by atoms with Gasteiger partial charge in [-0.3, -0.25) is 10.1 Å². The largest absolute Gasteiger partial charge is 0.502 e. The number of amides is 1. The molecule has 5 N–H and O–H groups in total. The Morgan fingerprint density at radius 1 is 1.69 bits per heavy atom. The molecule has 0 aliphatic carbocycles. The number of primary amides is 1. The highest BCUT2D eigenvalue weighted by molar-refractivity contribution is 6.61. The van der Waals surface area contributed by atoms with Gasteiger partial charge in [0.25, 0.3) is 0 Å². The highest BCUT2D eigenvalue weighted by Crippen LogP contribution is 2.31. The minimum absolute atomic E-state index is 0.00230. The molecular formula is C8H18N2O5Si. The van der Waals surface area contributed by atoms with E-state index in [0.717, 1.165) is 0 Å². The molecule has 1 amide bonds. The molecule has 1 heterocycles. The molecular weight excluding hydrogens is 232 g/mol. The Balaban J connectivity index is 2.67. The minimum atomic E-state index is -3.27. The second-order valence-corrected chi connectivity index (χ2v) is 7.06. The van der Waals surface area contributed by atoms with E-state index in [1.807, 2.05) is 0 Å². The van der Waals surface area contributed by atoms with E-state index >= 15 is 0 Å². The molecule has 94 valence electrons. The molecule has 2 unspecified atom stereocenters. The van der Waals surface area contributed by atoms with Crippen LogP contribution in [0.25, 0.3) is 0 Å². The van der Waals surface area contributed by atoms with Crippen molar-refractivity contribution < 1.29 is 23.5 Å². The molecule has 0 saturated carbocycles. The van der Waals surface area contributed by atoms with E-state index < -0.39 is 27.0 Å². The molecule has 1 fully saturated rings.